The lowest BCUT2D eigenvalue weighted by atomic mass is 10.0. The van der Waals surface area contributed by atoms with Crippen LogP contribution in [-0.2, 0) is 9.47 Å². The Morgan fingerprint density at radius 1 is 1.31 bits per heavy atom. The smallest absolute Gasteiger partial charge is 0.164 e. The van der Waals surface area contributed by atoms with Gasteiger partial charge in [-0.3, -0.25) is 0 Å². The fraction of sp³-hybridized carbons (Fsp3) is 0.636. The third-order valence-electron chi connectivity index (χ3n) is 2.29. The molecule has 1 saturated heterocycles. The van der Waals surface area contributed by atoms with Gasteiger partial charge in [0, 0.05) is 5.92 Å². The van der Waals surface area contributed by atoms with E-state index in [1.807, 2.05) is 19.9 Å². The Bertz CT molecular complexity index is 208. The first kappa shape index (κ1) is 10.5. The molecule has 3 unspecified atom stereocenters. The van der Waals surface area contributed by atoms with Crippen molar-refractivity contribution in [1.82, 2.24) is 0 Å². The van der Waals surface area contributed by atoms with Gasteiger partial charge in [0.15, 0.2) is 5.79 Å². The maximum absolute atomic E-state index is 5.74. The molecule has 0 aromatic heterocycles. The number of ether oxygens (including phenoxy) is 2. The first-order valence-electron chi connectivity index (χ1n) is 4.61. The molecule has 0 aromatic carbocycles. The quantitative estimate of drug-likeness (QED) is 0.624. The van der Waals surface area contributed by atoms with Crippen molar-refractivity contribution in [2.24, 2.45) is 5.92 Å². The monoisotopic (exact) mass is 182 g/mol. The molecule has 1 aliphatic heterocycles. The van der Waals surface area contributed by atoms with E-state index in [-0.39, 0.29) is 18.1 Å². The van der Waals surface area contributed by atoms with Crippen molar-refractivity contribution in [3.05, 3.63) is 25.3 Å². The zero-order valence-corrected chi connectivity index (χ0v) is 8.62. The molecule has 0 saturated carbocycles. The summed E-state index contributed by atoms with van der Waals surface area (Å²) in [6, 6.07) is 0. The Balaban J connectivity index is 2.74. The standard InChI is InChI=1S/C11H18O2/c1-6-8(3)10-9(7-2)12-11(4,5)13-10/h6-10H,1-2H2,3-5H3. The summed E-state index contributed by atoms with van der Waals surface area (Å²) in [4.78, 5) is 0. The topological polar surface area (TPSA) is 18.5 Å². The van der Waals surface area contributed by atoms with Crippen molar-refractivity contribution in [3.63, 3.8) is 0 Å². The minimum absolute atomic E-state index is 0.0250. The molecule has 0 amide bonds. The van der Waals surface area contributed by atoms with Crippen LogP contribution in [0, 0.1) is 5.92 Å². The van der Waals surface area contributed by atoms with Crippen molar-refractivity contribution < 1.29 is 9.47 Å². The Morgan fingerprint density at radius 2 is 1.92 bits per heavy atom. The summed E-state index contributed by atoms with van der Waals surface area (Å²) in [6.07, 6.45) is 3.69. The van der Waals surface area contributed by atoms with Gasteiger partial charge in [-0.1, -0.05) is 19.1 Å². The van der Waals surface area contributed by atoms with Crippen molar-refractivity contribution in [2.45, 2.75) is 38.8 Å². The van der Waals surface area contributed by atoms with E-state index in [9.17, 15) is 0 Å². The molecule has 1 fully saturated rings. The SMILES string of the molecule is C=CC(C)C1OC(C)(C)OC1C=C. The Hall–Kier alpha value is -0.600. The van der Waals surface area contributed by atoms with Gasteiger partial charge in [-0.15, -0.1) is 13.2 Å². The van der Waals surface area contributed by atoms with Gasteiger partial charge in [0.2, 0.25) is 0 Å². The summed E-state index contributed by atoms with van der Waals surface area (Å²) < 4.78 is 11.4. The average molecular weight is 182 g/mol. The Kier molecular flexibility index (Phi) is 2.94. The van der Waals surface area contributed by atoms with Crippen LogP contribution >= 0.6 is 0 Å². The van der Waals surface area contributed by atoms with E-state index in [0.717, 1.165) is 0 Å². The highest BCUT2D eigenvalue weighted by atomic mass is 16.7. The lowest BCUT2D eigenvalue weighted by Gasteiger charge is -2.19. The molecule has 2 nitrogen and oxygen atoms in total. The first-order valence-corrected chi connectivity index (χ1v) is 4.61. The summed E-state index contributed by atoms with van der Waals surface area (Å²) in [5.41, 5.74) is 0. The van der Waals surface area contributed by atoms with Gasteiger partial charge in [-0.25, -0.2) is 0 Å². The van der Waals surface area contributed by atoms with Crippen LogP contribution in [0.25, 0.3) is 0 Å². The van der Waals surface area contributed by atoms with Crippen LogP contribution < -0.4 is 0 Å². The summed E-state index contributed by atoms with van der Waals surface area (Å²) in [5.74, 6) is -0.217. The highest BCUT2D eigenvalue weighted by Gasteiger charge is 2.41. The zero-order chi connectivity index (χ0) is 10.1. The van der Waals surface area contributed by atoms with Crippen molar-refractivity contribution in [2.75, 3.05) is 0 Å². The van der Waals surface area contributed by atoms with E-state index < -0.39 is 5.79 Å². The third-order valence-corrected chi connectivity index (χ3v) is 2.29. The van der Waals surface area contributed by atoms with Crippen LogP contribution in [0.15, 0.2) is 25.3 Å². The summed E-state index contributed by atoms with van der Waals surface area (Å²) in [5, 5.41) is 0. The molecular weight excluding hydrogens is 164 g/mol. The van der Waals surface area contributed by atoms with Gasteiger partial charge in [0.05, 0.1) is 6.10 Å². The maximum atomic E-state index is 5.74. The Morgan fingerprint density at radius 3 is 2.38 bits per heavy atom. The van der Waals surface area contributed by atoms with E-state index in [2.05, 4.69) is 20.1 Å². The van der Waals surface area contributed by atoms with Crippen LogP contribution in [0.4, 0.5) is 0 Å². The van der Waals surface area contributed by atoms with Gasteiger partial charge in [0.25, 0.3) is 0 Å². The van der Waals surface area contributed by atoms with Crippen LogP contribution in [0.1, 0.15) is 20.8 Å². The highest BCUT2D eigenvalue weighted by Crippen LogP contribution is 2.32. The van der Waals surface area contributed by atoms with Gasteiger partial charge in [0.1, 0.15) is 6.10 Å². The second-order valence-electron chi connectivity index (χ2n) is 3.90. The molecule has 74 valence electrons. The third kappa shape index (κ3) is 2.20. The summed E-state index contributed by atoms with van der Waals surface area (Å²) in [6.45, 7) is 13.4. The fourth-order valence-corrected chi connectivity index (χ4v) is 1.54. The first-order chi connectivity index (χ1) is 6.00. The minimum Gasteiger partial charge on any atom is -0.344 e. The predicted octanol–water partition coefficient (Wildman–Crippen LogP) is 2.51. The normalized spacial score (nSPS) is 34.1. The molecule has 13 heavy (non-hydrogen) atoms. The molecule has 0 bridgehead atoms. The Labute approximate surface area is 80.2 Å². The molecule has 0 aliphatic carbocycles. The molecule has 0 aromatic rings. The van der Waals surface area contributed by atoms with Crippen LogP contribution in [0.3, 0.4) is 0 Å². The lowest BCUT2D eigenvalue weighted by Crippen LogP contribution is -2.27. The van der Waals surface area contributed by atoms with Gasteiger partial charge < -0.3 is 9.47 Å². The second-order valence-corrected chi connectivity index (χ2v) is 3.90. The van der Waals surface area contributed by atoms with E-state index >= 15 is 0 Å². The molecule has 0 N–H and O–H groups in total. The van der Waals surface area contributed by atoms with E-state index in [4.69, 9.17) is 9.47 Å². The largest absolute Gasteiger partial charge is 0.344 e. The lowest BCUT2D eigenvalue weighted by molar-refractivity contribution is -0.145. The van der Waals surface area contributed by atoms with Crippen LogP contribution in [-0.4, -0.2) is 18.0 Å². The van der Waals surface area contributed by atoms with E-state index in [0.29, 0.717) is 0 Å². The molecule has 0 spiro atoms. The van der Waals surface area contributed by atoms with Crippen molar-refractivity contribution >= 4 is 0 Å². The molecule has 1 heterocycles. The maximum Gasteiger partial charge on any atom is 0.164 e. The number of hydrogen-bond donors (Lipinski definition) is 0. The minimum atomic E-state index is -0.499. The average Bonchev–Trinajstić information content (AvgIpc) is 2.39. The van der Waals surface area contributed by atoms with Gasteiger partial charge in [-0.2, -0.15) is 0 Å². The summed E-state index contributed by atoms with van der Waals surface area (Å²) in [7, 11) is 0. The van der Waals surface area contributed by atoms with E-state index in [1.54, 1.807) is 6.08 Å². The van der Waals surface area contributed by atoms with E-state index in [1.165, 1.54) is 0 Å². The number of rotatable bonds is 3. The molecule has 0 radical (unpaired) electrons. The zero-order valence-electron chi connectivity index (χ0n) is 8.62. The van der Waals surface area contributed by atoms with Gasteiger partial charge in [-0.05, 0) is 13.8 Å². The van der Waals surface area contributed by atoms with Crippen molar-refractivity contribution in [1.29, 1.82) is 0 Å². The molecule has 2 heteroatoms. The molecule has 1 rings (SSSR count). The van der Waals surface area contributed by atoms with Crippen molar-refractivity contribution in [3.8, 4) is 0 Å². The molecule has 1 aliphatic rings. The summed E-state index contributed by atoms with van der Waals surface area (Å²) >= 11 is 0. The molecular formula is C11H18O2. The van der Waals surface area contributed by atoms with Crippen LogP contribution in [0.5, 0.6) is 0 Å². The molecule has 3 atom stereocenters. The van der Waals surface area contributed by atoms with Crippen LogP contribution in [0.2, 0.25) is 0 Å². The van der Waals surface area contributed by atoms with Gasteiger partial charge >= 0.3 is 0 Å². The predicted molar refractivity (Wildman–Crippen MR) is 53.4 cm³/mol. The number of hydrogen-bond acceptors (Lipinski definition) is 2. The second kappa shape index (κ2) is 3.64. The highest BCUT2D eigenvalue weighted by molar-refractivity contribution is 4.98. The fourth-order valence-electron chi connectivity index (χ4n) is 1.54.